The van der Waals surface area contributed by atoms with Crippen LogP contribution in [-0.4, -0.2) is 20.1 Å². The number of hydrogen-bond acceptors (Lipinski definition) is 3. The number of benzene rings is 2. The Morgan fingerprint density at radius 3 is 2.43 bits per heavy atom. The van der Waals surface area contributed by atoms with E-state index in [1.165, 1.54) is 0 Å². The van der Waals surface area contributed by atoms with Crippen LogP contribution in [0.4, 0.5) is 5.69 Å². The monoisotopic (exact) mass is 313 g/mol. The van der Waals surface area contributed by atoms with Crippen LogP contribution in [0.15, 0.2) is 42.5 Å². The second-order valence-corrected chi connectivity index (χ2v) is 5.60. The van der Waals surface area contributed by atoms with Crippen LogP contribution in [-0.2, 0) is 11.2 Å². The van der Waals surface area contributed by atoms with Crippen molar-refractivity contribution in [1.82, 2.24) is 0 Å². The van der Waals surface area contributed by atoms with Gasteiger partial charge < -0.3 is 14.8 Å². The molecule has 0 aliphatic heterocycles. The molecule has 2 aromatic carbocycles. The molecule has 0 radical (unpaired) electrons. The molecule has 1 N–H and O–H groups in total. The van der Waals surface area contributed by atoms with Gasteiger partial charge in [0.05, 0.1) is 14.2 Å². The van der Waals surface area contributed by atoms with Crippen molar-refractivity contribution in [1.29, 1.82) is 0 Å². The van der Waals surface area contributed by atoms with E-state index in [-0.39, 0.29) is 11.8 Å². The van der Waals surface area contributed by atoms with Gasteiger partial charge in [0, 0.05) is 11.6 Å². The molecule has 0 aliphatic carbocycles. The Balaban J connectivity index is 2.05. The number of aryl methyl sites for hydroxylation is 1. The number of anilines is 1. The predicted octanol–water partition coefficient (Wildman–Crippen LogP) is 3.83. The van der Waals surface area contributed by atoms with Crippen LogP contribution in [0.5, 0.6) is 11.5 Å². The zero-order valence-corrected chi connectivity index (χ0v) is 14.1. The van der Waals surface area contributed by atoms with Crippen LogP contribution < -0.4 is 14.8 Å². The minimum absolute atomic E-state index is 0.00841. The van der Waals surface area contributed by atoms with Crippen LogP contribution in [0.25, 0.3) is 0 Å². The summed E-state index contributed by atoms with van der Waals surface area (Å²) in [5.74, 6) is 1.23. The van der Waals surface area contributed by atoms with Crippen molar-refractivity contribution in [2.45, 2.75) is 20.3 Å². The molecule has 0 spiro atoms. The number of para-hydroxylation sites is 1. The van der Waals surface area contributed by atoms with Gasteiger partial charge >= 0.3 is 0 Å². The first-order chi connectivity index (χ1) is 11.0. The van der Waals surface area contributed by atoms with Crippen molar-refractivity contribution < 1.29 is 14.3 Å². The summed E-state index contributed by atoms with van der Waals surface area (Å²) < 4.78 is 10.5. The molecule has 0 heterocycles. The summed E-state index contributed by atoms with van der Waals surface area (Å²) in [7, 11) is 3.21. The summed E-state index contributed by atoms with van der Waals surface area (Å²) in [6.45, 7) is 3.90. The first-order valence-electron chi connectivity index (χ1n) is 7.62. The van der Waals surface area contributed by atoms with E-state index < -0.39 is 0 Å². The van der Waals surface area contributed by atoms with Crippen molar-refractivity contribution in [3.63, 3.8) is 0 Å². The zero-order valence-electron chi connectivity index (χ0n) is 14.1. The number of carbonyl (C=O) groups is 1. The third kappa shape index (κ3) is 4.25. The van der Waals surface area contributed by atoms with Crippen molar-refractivity contribution in [2.75, 3.05) is 19.5 Å². The van der Waals surface area contributed by atoms with Gasteiger partial charge in [-0.05, 0) is 42.7 Å². The summed E-state index contributed by atoms with van der Waals surface area (Å²) in [5.41, 5.74) is 2.95. The highest BCUT2D eigenvalue weighted by atomic mass is 16.5. The highest BCUT2D eigenvalue weighted by Crippen LogP contribution is 2.28. The van der Waals surface area contributed by atoms with E-state index >= 15 is 0 Å². The van der Waals surface area contributed by atoms with Gasteiger partial charge in [0.2, 0.25) is 5.91 Å². The molecular formula is C19H23NO3. The van der Waals surface area contributed by atoms with E-state index in [9.17, 15) is 4.79 Å². The minimum Gasteiger partial charge on any atom is -0.493 e. The number of methoxy groups -OCH3 is 2. The van der Waals surface area contributed by atoms with E-state index in [2.05, 4.69) is 5.32 Å². The molecule has 122 valence electrons. The smallest absolute Gasteiger partial charge is 0.227 e. The van der Waals surface area contributed by atoms with Gasteiger partial charge in [0.1, 0.15) is 0 Å². The van der Waals surface area contributed by atoms with Gasteiger partial charge in [0.25, 0.3) is 0 Å². The molecule has 0 saturated carbocycles. The van der Waals surface area contributed by atoms with Gasteiger partial charge in [-0.15, -0.1) is 0 Å². The van der Waals surface area contributed by atoms with Crippen LogP contribution in [0.3, 0.4) is 0 Å². The Morgan fingerprint density at radius 1 is 1.09 bits per heavy atom. The van der Waals surface area contributed by atoms with Gasteiger partial charge in [-0.3, -0.25) is 4.79 Å². The van der Waals surface area contributed by atoms with E-state index in [0.29, 0.717) is 17.9 Å². The Bertz CT molecular complexity index is 682. The number of carbonyl (C=O) groups excluding carboxylic acids is 1. The Morgan fingerprint density at radius 2 is 1.78 bits per heavy atom. The number of rotatable bonds is 6. The molecule has 2 aromatic rings. The molecule has 0 aliphatic rings. The quantitative estimate of drug-likeness (QED) is 0.881. The average Bonchev–Trinajstić information content (AvgIpc) is 2.56. The molecule has 4 heteroatoms. The molecule has 1 amide bonds. The minimum atomic E-state index is -0.146. The van der Waals surface area contributed by atoms with Gasteiger partial charge in [0.15, 0.2) is 11.5 Å². The van der Waals surface area contributed by atoms with Crippen LogP contribution in [0.2, 0.25) is 0 Å². The average molecular weight is 313 g/mol. The van der Waals surface area contributed by atoms with E-state index in [0.717, 1.165) is 16.8 Å². The van der Waals surface area contributed by atoms with Crippen molar-refractivity contribution in [2.24, 2.45) is 5.92 Å². The van der Waals surface area contributed by atoms with E-state index in [1.54, 1.807) is 14.2 Å². The molecule has 0 saturated heterocycles. The highest BCUT2D eigenvalue weighted by Gasteiger charge is 2.15. The maximum Gasteiger partial charge on any atom is 0.227 e. The second kappa shape index (κ2) is 7.68. The fraction of sp³-hybridized carbons (Fsp3) is 0.316. The lowest BCUT2D eigenvalue weighted by atomic mass is 9.99. The molecular weight excluding hydrogens is 290 g/mol. The summed E-state index contributed by atoms with van der Waals surface area (Å²) in [4.78, 5) is 12.4. The summed E-state index contributed by atoms with van der Waals surface area (Å²) >= 11 is 0. The SMILES string of the molecule is COc1ccc(CC(C)C(=O)Nc2ccccc2C)cc1OC. The van der Waals surface area contributed by atoms with Gasteiger partial charge in [-0.2, -0.15) is 0 Å². The van der Waals surface area contributed by atoms with Crippen LogP contribution >= 0.6 is 0 Å². The standard InChI is InChI=1S/C19H23NO3/c1-13-7-5-6-8-16(13)20-19(21)14(2)11-15-9-10-17(22-3)18(12-15)23-4/h5-10,12,14H,11H2,1-4H3,(H,20,21). The normalized spacial score (nSPS) is 11.7. The summed E-state index contributed by atoms with van der Waals surface area (Å²) in [6.07, 6.45) is 0.637. The largest absolute Gasteiger partial charge is 0.493 e. The molecule has 4 nitrogen and oxygen atoms in total. The van der Waals surface area contributed by atoms with Gasteiger partial charge in [-0.1, -0.05) is 31.2 Å². The molecule has 0 aromatic heterocycles. The van der Waals surface area contributed by atoms with E-state index in [1.807, 2.05) is 56.3 Å². The Hall–Kier alpha value is -2.49. The number of amides is 1. The van der Waals surface area contributed by atoms with Crippen molar-refractivity contribution in [3.05, 3.63) is 53.6 Å². The maximum atomic E-state index is 12.4. The lowest BCUT2D eigenvalue weighted by Crippen LogP contribution is -2.22. The third-order valence-corrected chi connectivity index (χ3v) is 3.84. The lowest BCUT2D eigenvalue weighted by Gasteiger charge is -2.15. The Labute approximate surface area is 137 Å². The lowest BCUT2D eigenvalue weighted by molar-refractivity contribution is -0.119. The maximum absolute atomic E-state index is 12.4. The number of hydrogen-bond donors (Lipinski definition) is 1. The predicted molar refractivity (Wildman–Crippen MR) is 92.2 cm³/mol. The fourth-order valence-corrected chi connectivity index (χ4v) is 2.42. The summed E-state index contributed by atoms with van der Waals surface area (Å²) in [5, 5.41) is 2.99. The van der Waals surface area contributed by atoms with Crippen LogP contribution in [0, 0.1) is 12.8 Å². The third-order valence-electron chi connectivity index (χ3n) is 3.84. The molecule has 2 rings (SSSR count). The molecule has 1 unspecified atom stereocenters. The van der Waals surface area contributed by atoms with E-state index in [4.69, 9.17) is 9.47 Å². The van der Waals surface area contributed by atoms with Crippen LogP contribution in [0.1, 0.15) is 18.1 Å². The van der Waals surface area contributed by atoms with Gasteiger partial charge in [-0.25, -0.2) is 0 Å². The molecule has 1 atom stereocenters. The first-order valence-corrected chi connectivity index (χ1v) is 7.62. The first kappa shape index (κ1) is 16.9. The highest BCUT2D eigenvalue weighted by molar-refractivity contribution is 5.93. The fourth-order valence-electron chi connectivity index (χ4n) is 2.42. The summed E-state index contributed by atoms with van der Waals surface area (Å²) in [6, 6.07) is 13.5. The second-order valence-electron chi connectivity index (χ2n) is 5.60. The topological polar surface area (TPSA) is 47.6 Å². The number of ether oxygens (including phenoxy) is 2. The Kier molecular flexibility index (Phi) is 5.63. The van der Waals surface area contributed by atoms with Crippen molar-refractivity contribution >= 4 is 11.6 Å². The number of nitrogens with one attached hydrogen (secondary N) is 1. The molecule has 23 heavy (non-hydrogen) atoms. The van der Waals surface area contributed by atoms with Crippen molar-refractivity contribution in [3.8, 4) is 11.5 Å². The molecule has 0 bridgehead atoms. The molecule has 0 fully saturated rings. The zero-order chi connectivity index (χ0) is 16.8.